The fraction of sp³-hybridized carbons (Fsp3) is 0.318. The Morgan fingerprint density at radius 1 is 1.22 bits per heavy atom. The first-order valence-corrected chi connectivity index (χ1v) is 11.0. The third-order valence-corrected chi connectivity index (χ3v) is 6.45. The van der Waals surface area contributed by atoms with Crippen molar-refractivity contribution in [1.29, 1.82) is 0 Å². The molecular weight excluding hydrogens is 430 g/mol. The van der Waals surface area contributed by atoms with Gasteiger partial charge in [0.05, 0.1) is 34.0 Å². The highest BCUT2D eigenvalue weighted by Gasteiger charge is 2.27. The number of rotatable bonds is 6. The number of hydrogen-bond donors (Lipinski definition) is 1. The van der Waals surface area contributed by atoms with E-state index in [1.54, 1.807) is 51.3 Å². The van der Waals surface area contributed by atoms with Gasteiger partial charge in [0.1, 0.15) is 0 Å². The van der Waals surface area contributed by atoms with Gasteiger partial charge in [-0.2, -0.15) is 0 Å². The number of aryl methyl sites for hydroxylation is 2. The predicted octanol–water partition coefficient (Wildman–Crippen LogP) is 3.07. The maximum atomic E-state index is 13.2. The number of Topliss-reactive ketones (excluding diaryl/α,β-unsaturated/α-hetero) is 1. The summed E-state index contributed by atoms with van der Waals surface area (Å²) in [6.45, 7) is 7.25. The molecule has 0 radical (unpaired) electrons. The number of carbonyl (C=O) groups is 2. The van der Waals surface area contributed by atoms with Crippen LogP contribution in [0, 0.1) is 13.8 Å². The van der Waals surface area contributed by atoms with Gasteiger partial charge >= 0.3 is 5.97 Å². The third kappa shape index (κ3) is 3.40. The minimum Gasteiger partial charge on any atom is -0.462 e. The number of hydrogen-bond acceptors (Lipinski definition) is 7. The molecule has 1 atom stereocenters. The average Bonchev–Trinajstić information content (AvgIpc) is 3.32. The fourth-order valence-corrected chi connectivity index (χ4v) is 4.72. The van der Waals surface area contributed by atoms with Crippen LogP contribution in [0.15, 0.2) is 34.2 Å². The molecule has 0 fully saturated rings. The minimum atomic E-state index is -0.523. The van der Waals surface area contributed by atoms with Crippen LogP contribution in [0.3, 0.4) is 0 Å². The van der Waals surface area contributed by atoms with E-state index >= 15 is 0 Å². The summed E-state index contributed by atoms with van der Waals surface area (Å²) < 4.78 is 8.33. The van der Waals surface area contributed by atoms with Gasteiger partial charge in [-0.15, -0.1) is 10.2 Å². The Labute approximate surface area is 187 Å². The Bertz CT molecular complexity index is 1430. The normalized spacial score (nSPS) is 12.4. The highest BCUT2D eigenvalue weighted by atomic mass is 32.2. The highest BCUT2D eigenvalue weighted by Crippen LogP contribution is 2.28. The summed E-state index contributed by atoms with van der Waals surface area (Å²) in [5.41, 5.74) is 2.44. The Morgan fingerprint density at radius 2 is 1.94 bits per heavy atom. The number of para-hydroxylation sites is 1. The molecule has 1 N–H and O–H groups in total. The quantitative estimate of drug-likeness (QED) is 0.271. The van der Waals surface area contributed by atoms with Gasteiger partial charge in [-0.05, 0) is 45.4 Å². The van der Waals surface area contributed by atoms with Crippen molar-refractivity contribution in [3.8, 4) is 0 Å². The number of nitrogens with one attached hydrogen (secondary N) is 1. The number of H-pyrrole nitrogens is 1. The number of thioether (sulfide) groups is 1. The topological polar surface area (TPSA) is 111 Å². The van der Waals surface area contributed by atoms with Gasteiger partial charge in [0, 0.05) is 12.7 Å². The minimum absolute atomic E-state index is 0.162. The molecule has 0 saturated heterocycles. The number of esters is 1. The van der Waals surface area contributed by atoms with E-state index in [0.29, 0.717) is 44.4 Å². The summed E-state index contributed by atoms with van der Waals surface area (Å²) in [6, 6.07) is 7.22. The van der Waals surface area contributed by atoms with E-state index < -0.39 is 11.2 Å². The van der Waals surface area contributed by atoms with Crippen LogP contribution in [0.25, 0.3) is 16.7 Å². The van der Waals surface area contributed by atoms with Crippen molar-refractivity contribution in [3.05, 3.63) is 57.1 Å². The first-order chi connectivity index (χ1) is 15.3. The molecule has 10 heteroatoms. The summed E-state index contributed by atoms with van der Waals surface area (Å²) in [6.07, 6.45) is 0. The van der Waals surface area contributed by atoms with Gasteiger partial charge in [0.15, 0.2) is 10.9 Å². The van der Waals surface area contributed by atoms with Crippen LogP contribution >= 0.6 is 11.8 Å². The second kappa shape index (κ2) is 8.27. The van der Waals surface area contributed by atoms with E-state index in [1.807, 2.05) is 12.1 Å². The molecule has 0 bridgehead atoms. The average molecular weight is 454 g/mol. The van der Waals surface area contributed by atoms with Crippen LogP contribution in [0.2, 0.25) is 0 Å². The van der Waals surface area contributed by atoms with E-state index in [1.165, 1.54) is 16.3 Å². The Morgan fingerprint density at radius 3 is 2.66 bits per heavy atom. The van der Waals surface area contributed by atoms with E-state index in [2.05, 4.69) is 15.2 Å². The Hall–Kier alpha value is -3.40. The van der Waals surface area contributed by atoms with Crippen LogP contribution in [0.4, 0.5) is 0 Å². The van der Waals surface area contributed by atoms with Crippen molar-refractivity contribution < 1.29 is 14.3 Å². The van der Waals surface area contributed by atoms with Gasteiger partial charge in [-0.25, -0.2) is 4.79 Å². The lowest BCUT2D eigenvalue weighted by molar-refractivity contribution is 0.0525. The monoisotopic (exact) mass is 453 g/mol. The van der Waals surface area contributed by atoms with Gasteiger partial charge in [-0.1, -0.05) is 23.9 Å². The van der Waals surface area contributed by atoms with E-state index in [4.69, 9.17) is 4.74 Å². The summed E-state index contributed by atoms with van der Waals surface area (Å²) in [7, 11) is 1.64. The molecule has 0 aliphatic rings. The number of fused-ring (bicyclic) bond motifs is 3. The lowest BCUT2D eigenvalue weighted by Crippen LogP contribution is -2.20. The van der Waals surface area contributed by atoms with Gasteiger partial charge in [0.25, 0.3) is 5.56 Å². The second-order valence-corrected chi connectivity index (χ2v) is 8.78. The molecule has 3 aromatic heterocycles. The lowest BCUT2D eigenvalue weighted by Gasteiger charge is -2.11. The fourth-order valence-electron chi connectivity index (χ4n) is 3.81. The SMILES string of the molecule is CCOC(=O)c1c(C)[nH]c(C(=O)C(C)Sc2nnc3n(C)c(=O)c4ccccc4n23)c1C. The highest BCUT2D eigenvalue weighted by molar-refractivity contribution is 8.00. The molecule has 32 heavy (non-hydrogen) atoms. The molecule has 0 aliphatic heterocycles. The molecule has 4 rings (SSSR count). The largest absolute Gasteiger partial charge is 0.462 e. The zero-order valence-electron chi connectivity index (χ0n) is 18.4. The van der Waals surface area contributed by atoms with Crippen molar-refractivity contribution >= 4 is 40.2 Å². The number of aromatic nitrogens is 5. The molecular formula is C22H23N5O4S. The number of nitrogens with zero attached hydrogens (tertiary/aromatic N) is 4. The number of aromatic amines is 1. The molecule has 3 heterocycles. The molecule has 0 spiro atoms. The van der Waals surface area contributed by atoms with Crippen molar-refractivity contribution in [3.63, 3.8) is 0 Å². The molecule has 166 valence electrons. The van der Waals surface area contributed by atoms with Crippen LogP contribution in [0.1, 0.15) is 46.0 Å². The zero-order chi connectivity index (χ0) is 23.2. The van der Waals surface area contributed by atoms with E-state index in [0.717, 1.165) is 0 Å². The molecule has 0 amide bonds. The van der Waals surface area contributed by atoms with Crippen LogP contribution in [-0.2, 0) is 11.8 Å². The molecule has 4 aromatic rings. The van der Waals surface area contributed by atoms with Crippen molar-refractivity contribution in [2.45, 2.75) is 38.1 Å². The molecule has 9 nitrogen and oxygen atoms in total. The predicted molar refractivity (Wildman–Crippen MR) is 122 cm³/mol. The maximum Gasteiger partial charge on any atom is 0.340 e. The standard InChI is InChI=1S/C22H23N5O4S/c1-6-31-20(30)16-11(2)17(23-12(16)3)18(28)13(4)32-22-25-24-21-26(5)19(29)14-9-7-8-10-15(14)27(21)22/h7-10,13,23H,6H2,1-5H3. The van der Waals surface area contributed by atoms with Gasteiger partial charge in [0.2, 0.25) is 5.78 Å². The third-order valence-electron chi connectivity index (χ3n) is 5.41. The van der Waals surface area contributed by atoms with Crippen LogP contribution in [0.5, 0.6) is 0 Å². The second-order valence-electron chi connectivity index (χ2n) is 7.47. The van der Waals surface area contributed by atoms with Crippen LogP contribution < -0.4 is 5.56 Å². The first-order valence-electron chi connectivity index (χ1n) is 10.2. The Kier molecular flexibility index (Phi) is 5.64. The van der Waals surface area contributed by atoms with Gasteiger partial charge in [-0.3, -0.25) is 18.6 Å². The summed E-state index contributed by atoms with van der Waals surface area (Å²) in [5, 5.41) is 8.93. The maximum absolute atomic E-state index is 13.2. The van der Waals surface area contributed by atoms with E-state index in [-0.39, 0.29) is 17.9 Å². The number of benzene rings is 1. The van der Waals surface area contributed by atoms with Crippen molar-refractivity contribution in [2.75, 3.05) is 6.61 Å². The summed E-state index contributed by atoms with van der Waals surface area (Å²) in [5.74, 6) is -0.224. The summed E-state index contributed by atoms with van der Waals surface area (Å²) in [4.78, 5) is 41.2. The van der Waals surface area contributed by atoms with Gasteiger partial charge < -0.3 is 9.72 Å². The molecule has 1 unspecified atom stereocenters. The molecule has 1 aromatic carbocycles. The zero-order valence-corrected chi connectivity index (χ0v) is 19.2. The van der Waals surface area contributed by atoms with E-state index in [9.17, 15) is 14.4 Å². The number of ether oxygens (including phenoxy) is 1. The molecule has 0 saturated carbocycles. The summed E-state index contributed by atoms with van der Waals surface area (Å²) >= 11 is 1.24. The Balaban J connectivity index is 1.72. The number of ketones is 1. The van der Waals surface area contributed by atoms with Crippen molar-refractivity contribution in [2.24, 2.45) is 7.05 Å². The lowest BCUT2D eigenvalue weighted by atomic mass is 10.1. The molecule has 0 aliphatic carbocycles. The smallest absolute Gasteiger partial charge is 0.340 e. The first kappa shape index (κ1) is 21.8. The number of carbonyl (C=O) groups excluding carboxylic acids is 2. The van der Waals surface area contributed by atoms with Crippen LogP contribution in [-0.4, -0.2) is 47.8 Å². The van der Waals surface area contributed by atoms with Crippen molar-refractivity contribution in [1.82, 2.24) is 24.1 Å².